The smallest absolute Gasteiger partial charge is 0.111 e. The van der Waals surface area contributed by atoms with Crippen LogP contribution in [-0.2, 0) is 4.74 Å². The third-order valence-corrected chi connectivity index (χ3v) is 14.9. The molecule has 0 atom stereocenters. The standard InChI is InChI=1S/C20H20P.C18H15P.C4H8O.C3H8.C3H6.CH4.3H2/c1-2-21(18-12-6-3-7-13-18,19-14-8-4-9-15-19)20-16-10-5-11-17-20;1-4-10-16(11-5-1)19(17-12-6-2-7-13-17)18-14-8-3-9-15-18;1-2-4-5-3-1;2*1-3-2;;;;/h3-17H,2H2,1H3;1-15H;1-4H2;3H2,1-2H3;3H,1H2,2H3;1H4;3*1H/q+1;;;;;;;;/i;;;;;;3*1+1. The average molecular weight is 737 g/mol. The van der Waals surface area contributed by atoms with Crippen LogP contribution in [0.15, 0.2) is 195 Å². The Morgan fingerprint density at radius 3 is 0.942 bits per heavy atom. The summed E-state index contributed by atoms with van der Waals surface area (Å²) in [5.74, 6) is 0. The van der Waals surface area contributed by atoms with Gasteiger partial charge in [-0.25, -0.2) is 0 Å². The third kappa shape index (κ3) is 13.8. The van der Waals surface area contributed by atoms with Crippen molar-refractivity contribution in [1.29, 1.82) is 0 Å². The Hall–Kier alpha value is -4.12. The van der Waals surface area contributed by atoms with E-state index in [1.807, 2.05) is 6.92 Å². The van der Waals surface area contributed by atoms with E-state index in [1.165, 1.54) is 51.1 Å². The summed E-state index contributed by atoms with van der Waals surface area (Å²) in [6, 6.07) is 65.3. The molecule has 0 N–H and O–H groups in total. The van der Waals surface area contributed by atoms with Crippen LogP contribution in [0, 0.1) is 0 Å². The number of hydrogen-bond donors (Lipinski definition) is 0. The minimum atomic E-state index is -1.53. The molecular weight excluding hydrogens is 666 g/mol. The summed E-state index contributed by atoms with van der Waals surface area (Å²) < 4.78 is 4.94. The summed E-state index contributed by atoms with van der Waals surface area (Å²) in [5, 5.41) is 8.58. The van der Waals surface area contributed by atoms with Crippen molar-refractivity contribution >= 4 is 47.0 Å². The van der Waals surface area contributed by atoms with Gasteiger partial charge in [0.15, 0.2) is 0 Å². The van der Waals surface area contributed by atoms with E-state index in [4.69, 9.17) is 4.74 Å². The van der Waals surface area contributed by atoms with E-state index in [0.29, 0.717) is 0 Å². The van der Waals surface area contributed by atoms with Gasteiger partial charge < -0.3 is 4.74 Å². The monoisotopic (exact) mass is 736 g/mol. The van der Waals surface area contributed by atoms with Gasteiger partial charge in [-0.3, -0.25) is 0 Å². The predicted octanol–water partition coefficient (Wildman–Crippen LogP) is 12.2. The molecule has 0 aliphatic carbocycles. The Labute approximate surface area is 323 Å². The Morgan fingerprint density at radius 2 is 0.750 bits per heavy atom. The largest absolute Gasteiger partial charge is 0.381 e. The van der Waals surface area contributed by atoms with Gasteiger partial charge in [0.05, 0.1) is 6.16 Å². The molecule has 0 radical (unpaired) electrons. The molecule has 0 saturated carbocycles. The zero-order valence-corrected chi connectivity index (χ0v) is 32.9. The first-order chi connectivity index (χ1) is 25.2. The van der Waals surface area contributed by atoms with E-state index < -0.39 is 15.2 Å². The molecule has 52 heavy (non-hydrogen) atoms. The summed E-state index contributed by atoms with van der Waals surface area (Å²) in [6.45, 7) is 13.8. The number of allylic oxidation sites excluding steroid dienone is 1. The van der Waals surface area contributed by atoms with Gasteiger partial charge >= 0.3 is 0 Å². The van der Waals surface area contributed by atoms with Gasteiger partial charge in [-0.2, -0.15) is 0 Å². The molecular formula is C49H67OP2+. The topological polar surface area (TPSA) is 9.23 Å². The Kier molecular flexibility index (Phi) is 22.6. The minimum absolute atomic E-state index is 0. The number of rotatable bonds is 7. The van der Waals surface area contributed by atoms with Crippen molar-refractivity contribution in [3.8, 4) is 0 Å². The molecule has 1 aliphatic rings. The molecule has 7 rings (SSSR count). The van der Waals surface area contributed by atoms with Crippen molar-refractivity contribution in [3.05, 3.63) is 195 Å². The van der Waals surface area contributed by atoms with E-state index in [9.17, 15) is 0 Å². The molecule has 278 valence electrons. The van der Waals surface area contributed by atoms with Crippen molar-refractivity contribution in [2.45, 2.75) is 54.4 Å². The van der Waals surface area contributed by atoms with E-state index in [2.05, 4.69) is 209 Å². The highest BCUT2D eigenvalue weighted by Gasteiger charge is 2.43. The molecule has 0 aromatic heterocycles. The van der Waals surface area contributed by atoms with E-state index in [0.717, 1.165) is 19.4 Å². The summed E-state index contributed by atoms with van der Waals surface area (Å²) in [5.41, 5.74) is 0. The molecule has 1 nitrogen and oxygen atoms in total. The van der Waals surface area contributed by atoms with E-state index >= 15 is 0 Å². The molecule has 1 aliphatic heterocycles. The maximum atomic E-state index is 4.94. The predicted molar refractivity (Wildman–Crippen MR) is 246 cm³/mol. The number of hydrogen-bond acceptors (Lipinski definition) is 1. The molecule has 0 unspecified atom stereocenters. The highest BCUT2D eigenvalue weighted by Crippen LogP contribution is 2.54. The molecule has 6 aromatic rings. The zero-order chi connectivity index (χ0) is 36.4. The van der Waals surface area contributed by atoms with Crippen LogP contribution < -0.4 is 31.8 Å². The molecule has 1 fully saturated rings. The molecule has 6 aromatic carbocycles. The molecule has 3 heteroatoms. The summed E-state index contributed by atoms with van der Waals surface area (Å²) >= 11 is 0. The highest BCUT2D eigenvalue weighted by molar-refractivity contribution is 7.95. The van der Waals surface area contributed by atoms with Gasteiger partial charge in [-0.1, -0.05) is 179 Å². The lowest BCUT2D eigenvalue weighted by molar-refractivity contribution is 0.198. The quantitative estimate of drug-likeness (QED) is 0.117. The first-order valence-electron chi connectivity index (χ1n) is 18.3. The molecule has 1 heterocycles. The highest BCUT2D eigenvalue weighted by atomic mass is 31.2. The lowest BCUT2D eigenvalue weighted by atomic mass is 10.4. The SMILES string of the molecule is C.C1CCOC1.C=CC.CCC.CC[P+](c1ccccc1)(c1ccccc1)c1ccccc1.[2HH].[2HH].[2HH].c1ccc(P(c2ccccc2)c2ccccc2)cc1. The average Bonchev–Trinajstić information content (AvgIpc) is 3.80. The zero-order valence-electron chi connectivity index (χ0n) is 31.2. The van der Waals surface area contributed by atoms with Crippen LogP contribution in [0.25, 0.3) is 0 Å². The Morgan fingerprint density at radius 1 is 0.519 bits per heavy atom. The van der Waals surface area contributed by atoms with Crippen molar-refractivity contribution in [3.63, 3.8) is 0 Å². The second kappa shape index (κ2) is 26.6. The fourth-order valence-electron chi connectivity index (χ4n) is 5.73. The van der Waals surface area contributed by atoms with Crippen molar-refractivity contribution in [1.82, 2.24) is 0 Å². The van der Waals surface area contributed by atoms with Gasteiger partial charge in [-0.05, 0) is 86.9 Å². The van der Waals surface area contributed by atoms with Crippen LogP contribution in [0.3, 0.4) is 0 Å². The molecule has 1 saturated heterocycles. The van der Waals surface area contributed by atoms with E-state index in [1.54, 1.807) is 6.08 Å². The third-order valence-electron chi connectivity index (χ3n) is 7.94. The summed E-state index contributed by atoms with van der Waals surface area (Å²) in [7, 11) is -1.98. The van der Waals surface area contributed by atoms with Gasteiger partial charge in [0.2, 0.25) is 0 Å². The Balaban J connectivity index is 0. The normalized spacial score (nSPS) is 11.3. The van der Waals surface area contributed by atoms with Crippen molar-refractivity contribution in [2.75, 3.05) is 19.4 Å². The fourth-order valence-corrected chi connectivity index (χ4v) is 12.1. The maximum absolute atomic E-state index is 4.94. The van der Waals surface area contributed by atoms with Crippen LogP contribution in [0.2, 0.25) is 0 Å². The summed E-state index contributed by atoms with van der Waals surface area (Å²) in [4.78, 5) is 0. The number of benzene rings is 6. The fraction of sp³-hybridized carbons (Fsp3) is 0.224. The first kappa shape index (κ1) is 44.0. The summed E-state index contributed by atoms with van der Waals surface area (Å²) in [6.07, 6.45) is 6.70. The molecule has 0 amide bonds. The van der Waals surface area contributed by atoms with Crippen molar-refractivity contribution < 1.29 is 9.02 Å². The van der Waals surface area contributed by atoms with Gasteiger partial charge in [0.25, 0.3) is 0 Å². The van der Waals surface area contributed by atoms with Crippen LogP contribution >= 0.6 is 15.2 Å². The van der Waals surface area contributed by atoms with Crippen molar-refractivity contribution in [2.24, 2.45) is 0 Å². The van der Waals surface area contributed by atoms with Crippen LogP contribution in [0.5, 0.6) is 0 Å². The van der Waals surface area contributed by atoms with Gasteiger partial charge in [0.1, 0.15) is 23.2 Å². The maximum Gasteiger partial charge on any atom is 0.111 e. The van der Waals surface area contributed by atoms with Gasteiger partial charge in [0, 0.05) is 17.5 Å². The first-order valence-corrected chi connectivity index (χ1v) is 21.6. The van der Waals surface area contributed by atoms with Crippen LogP contribution in [-0.4, -0.2) is 19.4 Å². The minimum Gasteiger partial charge on any atom is -0.381 e. The molecule has 0 spiro atoms. The van der Waals surface area contributed by atoms with Crippen LogP contribution in [0.1, 0.15) is 58.7 Å². The number of ether oxygens (including phenoxy) is 1. The second-order valence-electron chi connectivity index (χ2n) is 11.9. The lowest BCUT2D eigenvalue weighted by Gasteiger charge is -2.26. The van der Waals surface area contributed by atoms with E-state index in [-0.39, 0.29) is 11.7 Å². The van der Waals surface area contributed by atoms with Crippen LogP contribution in [0.4, 0.5) is 0 Å². The van der Waals surface area contributed by atoms with Gasteiger partial charge in [-0.15, -0.1) is 6.58 Å². The molecule has 0 bridgehead atoms. The Bertz CT molecular complexity index is 1510. The second-order valence-corrected chi connectivity index (χ2v) is 17.9. The lowest BCUT2D eigenvalue weighted by Crippen LogP contribution is -2.32.